The Morgan fingerprint density at radius 3 is 2.89 bits per heavy atom. The normalized spacial score (nSPS) is 17.1. The molecule has 0 aliphatic carbocycles. The van der Waals surface area contributed by atoms with Gasteiger partial charge in [0.2, 0.25) is 0 Å². The number of aromatic nitrogens is 5. The number of rotatable bonds is 2. The van der Waals surface area contributed by atoms with E-state index in [9.17, 15) is 4.79 Å². The summed E-state index contributed by atoms with van der Waals surface area (Å²) in [6, 6.07) is 5.76. The maximum absolute atomic E-state index is 13.5. The number of hydrogen-bond donors (Lipinski definition) is 0. The lowest BCUT2D eigenvalue weighted by atomic mass is 10.1. The highest BCUT2D eigenvalue weighted by molar-refractivity contribution is 7.20. The van der Waals surface area contributed by atoms with E-state index in [0.717, 1.165) is 63.0 Å². The first-order valence-corrected chi connectivity index (χ1v) is 10.2. The summed E-state index contributed by atoms with van der Waals surface area (Å²) >= 11 is 1.46. The molecule has 0 saturated carbocycles. The van der Waals surface area contributed by atoms with Crippen LogP contribution in [0.3, 0.4) is 0 Å². The Kier molecular flexibility index (Phi) is 3.90. The second-order valence-electron chi connectivity index (χ2n) is 7.24. The van der Waals surface area contributed by atoms with Crippen molar-refractivity contribution >= 4 is 33.1 Å². The van der Waals surface area contributed by atoms with E-state index < -0.39 is 0 Å². The lowest BCUT2D eigenvalue weighted by Gasteiger charge is -2.23. The van der Waals surface area contributed by atoms with Crippen molar-refractivity contribution in [2.75, 3.05) is 6.54 Å². The van der Waals surface area contributed by atoms with Gasteiger partial charge in [0.25, 0.3) is 5.91 Å². The van der Waals surface area contributed by atoms with Crippen molar-refractivity contribution in [3.8, 4) is 0 Å². The number of fused-ring (bicyclic) bond motifs is 2. The molecule has 4 aromatic heterocycles. The standard InChI is InChI=1S/C20H20N6OS/c1-11-16-12(2)21-13(3)22-19(16)28-17(11)20(27)25-10-6-7-14(25)18-24-23-15-8-4-5-9-26(15)18/h4-5,8-9,14H,6-7,10H2,1-3H3. The minimum absolute atomic E-state index is 0.0488. The molecule has 5 heterocycles. The minimum Gasteiger partial charge on any atom is -0.328 e. The Morgan fingerprint density at radius 1 is 1.18 bits per heavy atom. The van der Waals surface area contributed by atoms with Crippen LogP contribution in [0.4, 0.5) is 0 Å². The molecule has 1 aliphatic rings. The van der Waals surface area contributed by atoms with Gasteiger partial charge < -0.3 is 4.90 Å². The second-order valence-corrected chi connectivity index (χ2v) is 8.24. The number of hydrogen-bond acceptors (Lipinski definition) is 6. The summed E-state index contributed by atoms with van der Waals surface area (Å²) in [5, 5.41) is 9.66. The predicted molar refractivity (Wildman–Crippen MR) is 108 cm³/mol. The molecule has 4 aromatic rings. The van der Waals surface area contributed by atoms with Crippen molar-refractivity contribution in [3.05, 3.63) is 52.2 Å². The molecule has 0 bridgehead atoms. The maximum Gasteiger partial charge on any atom is 0.264 e. The Balaban J connectivity index is 1.57. The van der Waals surface area contributed by atoms with E-state index in [-0.39, 0.29) is 11.9 Å². The van der Waals surface area contributed by atoms with Gasteiger partial charge in [-0.15, -0.1) is 21.5 Å². The zero-order chi connectivity index (χ0) is 19.4. The number of carbonyl (C=O) groups excluding carboxylic acids is 1. The zero-order valence-corrected chi connectivity index (χ0v) is 16.8. The van der Waals surface area contributed by atoms with Crippen LogP contribution in [-0.4, -0.2) is 41.9 Å². The third kappa shape index (κ3) is 2.51. The summed E-state index contributed by atoms with van der Waals surface area (Å²) in [5.41, 5.74) is 2.70. The molecule has 0 aromatic carbocycles. The Labute approximate surface area is 166 Å². The van der Waals surface area contributed by atoms with Crippen molar-refractivity contribution in [2.24, 2.45) is 0 Å². The van der Waals surface area contributed by atoms with Crippen LogP contribution in [0.15, 0.2) is 24.4 Å². The molecule has 28 heavy (non-hydrogen) atoms. The highest BCUT2D eigenvalue weighted by Gasteiger charge is 2.35. The van der Waals surface area contributed by atoms with E-state index in [1.807, 2.05) is 54.5 Å². The molecule has 1 unspecified atom stereocenters. The van der Waals surface area contributed by atoms with Crippen molar-refractivity contribution in [3.63, 3.8) is 0 Å². The molecule has 142 valence electrons. The van der Waals surface area contributed by atoms with Gasteiger partial charge in [-0.2, -0.15) is 0 Å². The Hall–Kier alpha value is -2.87. The molecule has 1 atom stereocenters. The van der Waals surface area contributed by atoms with E-state index in [2.05, 4.69) is 20.2 Å². The van der Waals surface area contributed by atoms with Gasteiger partial charge in [0.05, 0.1) is 10.9 Å². The first kappa shape index (κ1) is 17.2. The van der Waals surface area contributed by atoms with Crippen molar-refractivity contribution in [1.82, 2.24) is 29.5 Å². The number of carbonyl (C=O) groups is 1. The van der Waals surface area contributed by atoms with Crippen molar-refractivity contribution in [1.29, 1.82) is 0 Å². The quantitative estimate of drug-likeness (QED) is 0.521. The smallest absolute Gasteiger partial charge is 0.264 e. The molecule has 0 spiro atoms. The van der Waals surface area contributed by atoms with Crippen molar-refractivity contribution in [2.45, 2.75) is 39.7 Å². The molecular weight excluding hydrogens is 372 g/mol. The third-order valence-corrected chi connectivity index (χ3v) is 6.60. The number of pyridine rings is 1. The fourth-order valence-corrected chi connectivity index (χ4v) is 5.41. The van der Waals surface area contributed by atoms with Crippen LogP contribution in [0, 0.1) is 20.8 Å². The molecule has 0 N–H and O–H groups in total. The lowest BCUT2D eigenvalue weighted by Crippen LogP contribution is -2.31. The fraction of sp³-hybridized carbons (Fsp3) is 0.350. The molecule has 1 amide bonds. The first-order valence-electron chi connectivity index (χ1n) is 9.39. The topological polar surface area (TPSA) is 76.3 Å². The fourth-order valence-electron chi connectivity index (χ4n) is 4.17. The van der Waals surface area contributed by atoms with Crippen molar-refractivity contribution < 1.29 is 4.79 Å². The number of aryl methyl sites for hydroxylation is 3. The molecule has 8 heteroatoms. The SMILES string of the molecule is Cc1nc(C)c2c(C)c(C(=O)N3CCCC3c3nnc4ccccn34)sc2n1. The Bertz CT molecular complexity index is 1230. The zero-order valence-electron chi connectivity index (χ0n) is 16.0. The number of thiophene rings is 1. The Morgan fingerprint density at radius 2 is 2.04 bits per heavy atom. The predicted octanol–water partition coefficient (Wildman–Crippen LogP) is 3.64. The summed E-state index contributed by atoms with van der Waals surface area (Å²) < 4.78 is 1.98. The molecule has 1 saturated heterocycles. The second kappa shape index (κ2) is 6.34. The number of likely N-dealkylation sites (tertiary alicyclic amines) is 1. The van der Waals surface area contributed by atoms with Crippen LogP contribution in [0.2, 0.25) is 0 Å². The van der Waals surface area contributed by atoms with Gasteiger partial charge >= 0.3 is 0 Å². The van der Waals surface area contributed by atoms with E-state index in [1.165, 1.54) is 11.3 Å². The highest BCUT2D eigenvalue weighted by atomic mass is 32.1. The van der Waals surface area contributed by atoms with E-state index in [0.29, 0.717) is 0 Å². The van der Waals surface area contributed by atoms with Crippen LogP contribution < -0.4 is 0 Å². The van der Waals surface area contributed by atoms with Gasteiger partial charge in [0, 0.05) is 23.8 Å². The van der Waals surface area contributed by atoms with Crippen LogP contribution in [0.1, 0.15) is 51.5 Å². The van der Waals surface area contributed by atoms with Crippen LogP contribution >= 0.6 is 11.3 Å². The van der Waals surface area contributed by atoms with Gasteiger partial charge in [0.15, 0.2) is 11.5 Å². The van der Waals surface area contributed by atoms with Gasteiger partial charge in [0.1, 0.15) is 10.7 Å². The number of amides is 1. The first-order chi connectivity index (χ1) is 13.5. The van der Waals surface area contributed by atoms with Crippen LogP contribution in [0.5, 0.6) is 0 Å². The van der Waals surface area contributed by atoms with Gasteiger partial charge in [-0.25, -0.2) is 9.97 Å². The lowest BCUT2D eigenvalue weighted by molar-refractivity contribution is 0.0733. The summed E-state index contributed by atoms with van der Waals surface area (Å²) in [6.07, 6.45) is 3.81. The monoisotopic (exact) mass is 392 g/mol. The summed E-state index contributed by atoms with van der Waals surface area (Å²) in [7, 11) is 0. The van der Waals surface area contributed by atoms with E-state index in [4.69, 9.17) is 0 Å². The summed E-state index contributed by atoms with van der Waals surface area (Å²) in [4.78, 5) is 26.1. The summed E-state index contributed by atoms with van der Waals surface area (Å²) in [5.74, 6) is 1.61. The molecule has 1 fully saturated rings. The number of nitrogens with zero attached hydrogens (tertiary/aromatic N) is 6. The van der Waals surface area contributed by atoms with Crippen LogP contribution in [-0.2, 0) is 0 Å². The van der Waals surface area contributed by atoms with E-state index >= 15 is 0 Å². The highest BCUT2D eigenvalue weighted by Crippen LogP contribution is 2.37. The molecule has 1 aliphatic heterocycles. The maximum atomic E-state index is 13.5. The minimum atomic E-state index is -0.0663. The van der Waals surface area contributed by atoms with Gasteiger partial charge in [-0.3, -0.25) is 9.20 Å². The average Bonchev–Trinajstić information content (AvgIpc) is 3.37. The molecule has 7 nitrogen and oxygen atoms in total. The van der Waals surface area contributed by atoms with E-state index in [1.54, 1.807) is 0 Å². The third-order valence-electron chi connectivity index (χ3n) is 5.43. The molecule has 0 radical (unpaired) electrons. The largest absolute Gasteiger partial charge is 0.328 e. The summed E-state index contributed by atoms with van der Waals surface area (Å²) in [6.45, 7) is 6.58. The van der Waals surface area contributed by atoms with Gasteiger partial charge in [-0.05, 0) is 51.3 Å². The van der Waals surface area contributed by atoms with Gasteiger partial charge in [-0.1, -0.05) is 6.07 Å². The molecular formula is C20H20N6OS. The molecule has 5 rings (SSSR count). The average molecular weight is 392 g/mol. The van der Waals surface area contributed by atoms with Crippen LogP contribution in [0.25, 0.3) is 15.9 Å².